The molecular weight excluding hydrogens is 410 g/mol. The van der Waals surface area contributed by atoms with Crippen LogP contribution in [0, 0.1) is 0 Å². The third kappa shape index (κ3) is 5.42. The fraction of sp³-hybridized carbons (Fsp3) is 0.417. The van der Waals surface area contributed by atoms with Crippen molar-refractivity contribution in [1.29, 1.82) is 0 Å². The molecule has 1 aromatic heterocycles. The van der Waals surface area contributed by atoms with E-state index in [9.17, 15) is 9.59 Å². The van der Waals surface area contributed by atoms with Gasteiger partial charge < -0.3 is 10.1 Å². The van der Waals surface area contributed by atoms with E-state index < -0.39 is 0 Å². The molecule has 1 saturated heterocycles. The zero-order valence-electron chi connectivity index (χ0n) is 17.9. The first-order valence-corrected chi connectivity index (χ1v) is 11.6. The van der Waals surface area contributed by atoms with Crippen LogP contribution in [0.15, 0.2) is 36.4 Å². The minimum Gasteiger partial charge on any atom is -0.465 e. The van der Waals surface area contributed by atoms with E-state index in [2.05, 4.69) is 39.4 Å². The van der Waals surface area contributed by atoms with Gasteiger partial charge in [0.05, 0.1) is 19.2 Å². The van der Waals surface area contributed by atoms with Gasteiger partial charge in [-0.3, -0.25) is 14.6 Å². The van der Waals surface area contributed by atoms with Crippen LogP contribution in [0.3, 0.4) is 0 Å². The van der Waals surface area contributed by atoms with Crippen LogP contribution in [-0.2, 0) is 22.4 Å². The zero-order valence-corrected chi connectivity index (χ0v) is 18.7. The minimum atomic E-state index is -0.355. The van der Waals surface area contributed by atoms with Crippen LogP contribution < -0.4 is 5.32 Å². The third-order valence-electron chi connectivity index (χ3n) is 5.87. The number of carbonyl (C=O) groups excluding carboxylic acids is 2. The molecule has 1 aliphatic carbocycles. The molecule has 7 heteroatoms. The maximum Gasteiger partial charge on any atom is 0.341 e. The number of nitrogens with zero attached hydrogens (tertiary/aromatic N) is 2. The van der Waals surface area contributed by atoms with Crippen molar-refractivity contribution in [3.63, 3.8) is 0 Å². The van der Waals surface area contributed by atoms with Crippen molar-refractivity contribution in [2.75, 3.05) is 51.7 Å². The van der Waals surface area contributed by atoms with E-state index in [4.69, 9.17) is 4.74 Å². The van der Waals surface area contributed by atoms with Crippen LogP contribution >= 0.6 is 11.3 Å². The Balaban J connectivity index is 1.25. The maximum atomic E-state index is 12.7. The molecule has 1 fully saturated rings. The number of rotatable bonds is 7. The summed E-state index contributed by atoms with van der Waals surface area (Å²) in [7, 11) is 1.39. The van der Waals surface area contributed by atoms with Crippen molar-refractivity contribution in [2.45, 2.75) is 19.3 Å². The maximum absolute atomic E-state index is 12.7. The highest BCUT2D eigenvalue weighted by Gasteiger charge is 2.28. The Morgan fingerprint density at radius 1 is 1.10 bits per heavy atom. The molecule has 1 N–H and O–H groups in total. The monoisotopic (exact) mass is 439 g/mol. The molecule has 0 atom stereocenters. The van der Waals surface area contributed by atoms with Gasteiger partial charge in [0.25, 0.3) is 0 Å². The molecule has 1 aromatic carbocycles. The van der Waals surface area contributed by atoms with E-state index in [1.54, 1.807) is 0 Å². The van der Waals surface area contributed by atoms with Gasteiger partial charge in [-0.25, -0.2) is 4.79 Å². The van der Waals surface area contributed by atoms with E-state index in [1.165, 1.54) is 28.9 Å². The third-order valence-corrected chi connectivity index (χ3v) is 7.08. The fourth-order valence-corrected chi connectivity index (χ4v) is 5.51. The number of aryl methyl sites for hydroxylation is 1. The number of anilines is 1. The van der Waals surface area contributed by atoms with Crippen LogP contribution in [-0.4, -0.2) is 68.1 Å². The Kier molecular flexibility index (Phi) is 7.17. The number of benzene rings is 1. The van der Waals surface area contributed by atoms with Crippen molar-refractivity contribution in [1.82, 2.24) is 9.80 Å². The summed E-state index contributed by atoms with van der Waals surface area (Å²) in [5.41, 5.74) is 2.83. The molecule has 2 aromatic rings. The molecule has 0 radical (unpaired) electrons. The Morgan fingerprint density at radius 3 is 2.58 bits per heavy atom. The highest BCUT2D eigenvalue weighted by molar-refractivity contribution is 7.17. The number of methoxy groups -OCH3 is 1. The van der Waals surface area contributed by atoms with Gasteiger partial charge in [-0.15, -0.1) is 11.3 Å². The van der Waals surface area contributed by atoms with Crippen LogP contribution in [0.4, 0.5) is 5.00 Å². The Labute approximate surface area is 187 Å². The largest absolute Gasteiger partial charge is 0.465 e. The SMILES string of the molecule is COC(=O)c1c(NC(=O)CN2CCN(C/C=C/c3ccccc3)CC2)sc2c1CCC2. The van der Waals surface area contributed by atoms with Crippen molar-refractivity contribution in [3.8, 4) is 0 Å². The first-order chi connectivity index (χ1) is 15.1. The van der Waals surface area contributed by atoms with Gasteiger partial charge in [-0.05, 0) is 30.4 Å². The van der Waals surface area contributed by atoms with E-state index >= 15 is 0 Å². The molecule has 31 heavy (non-hydrogen) atoms. The summed E-state index contributed by atoms with van der Waals surface area (Å²) in [4.78, 5) is 30.7. The topological polar surface area (TPSA) is 61.9 Å². The fourth-order valence-electron chi connectivity index (χ4n) is 4.21. The molecule has 2 aliphatic rings. The Morgan fingerprint density at radius 2 is 1.84 bits per heavy atom. The van der Waals surface area contributed by atoms with Crippen LogP contribution in [0.2, 0.25) is 0 Å². The first-order valence-electron chi connectivity index (χ1n) is 10.8. The predicted octanol–water partition coefficient (Wildman–Crippen LogP) is 3.29. The van der Waals surface area contributed by atoms with Crippen molar-refractivity contribution in [3.05, 3.63) is 58.0 Å². The van der Waals surface area contributed by atoms with Gasteiger partial charge in [0.15, 0.2) is 0 Å². The lowest BCUT2D eigenvalue weighted by molar-refractivity contribution is -0.117. The van der Waals surface area contributed by atoms with E-state index in [1.807, 2.05) is 18.2 Å². The quantitative estimate of drug-likeness (QED) is 0.671. The second-order valence-electron chi connectivity index (χ2n) is 7.99. The molecule has 0 spiro atoms. The lowest BCUT2D eigenvalue weighted by atomic mass is 10.1. The molecule has 6 nitrogen and oxygen atoms in total. The van der Waals surface area contributed by atoms with Gasteiger partial charge in [-0.2, -0.15) is 0 Å². The number of thiophene rings is 1. The van der Waals surface area contributed by atoms with Gasteiger partial charge in [-0.1, -0.05) is 42.5 Å². The zero-order chi connectivity index (χ0) is 21.6. The molecule has 1 amide bonds. The van der Waals surface area contributed by atoms with E-state index in [-0.39, 0.29) is 11.9 Å². The van der Waals surface area contributed by atoms with E-state index in [0.29, 0.717) is 17.1 Å². The highest BCUT2D eigenvalue weighted by atomic mass is 32.1. The number of esters is 1. The molecule has 1 aliphatic heterocycles. The second-order valence-corrected chi connectivity index (χ2v) is 9.10. The number of hydrogen-bond donors (Lipinski definition) is 1. The molecular formula is C24H29N3O3S. The Bertz CT molecular complexity index is 946. The average molecular weight is 440 g/mol. The number of nitrogens with one attached hydrogen (secondary N) is 1. The minimum absolute atomic E-state index is 0.0671. The molecule has 4 rings (SSSR count). The van der Waals surface area contributed by atoms with Crippen molar-refractivity contribution in [2.24, 2.45) is 0 Å². The van der Waals surface area contributed by atoms with Gasteiger partial charge >= 0.3 is 5.97 Å². The lowest BCUT2D eigenvalue weighted by Crippen LogP contribution is -2.48. The lowest BCUT2D eigenvalue weighted by Gasteiger charge is -2.33. The number of piperazine rings is 1. The molecule has 0 bridgehead atoms. The normalized spacial score (nSPS) is 17.1. The summed E-state index contributed by atoms with van der Waals surface area (Å²) in [5, 5.41) is 3.62. The van der Waals surface area contributed by atoms with Crippen molar-refractivity contribution < 1.29 is 14.3 Å². The molecule has 0 unspecified atom stereocenters. The number of carbonyl (C=O) groups is 2. The molecule has 0 saturated carbocycles. The summed E-state index contributed by atoms with van der Waals surface area (Å²) in [5.74, 6) is -0.422. The number of hydrogen-bond acceptors (Lipinski definition) is 6. The van der Waals surface area contributed by atoms with Crippen molar-refractivity contribution >= 4 is 34.3 Å². The standard InChI is InChI=1S/C24H29N3O3S/c1-30-24(29)22-19-10-5-11-20(19)31-23(22)25-21(28)17-27-15-13-26(14-16-27)12-6-9-18-7-3-2-4-8-18/h2-4,6-9H,5,10-17H2,1H3,(H,25,28)/b9-6+. The predicted molar refractivity (Wildman–Crippen MR) is 125 cm³/mol. The Hall–Kier alpha value is -2.48. The number of ether oxygens (including phenoxy) is 1. The molecule has 164 valence electrons. The molecule has 2 heterocycles. The summed E-state index contributed by atoms with van der Waals surface area (Å²) < 4.78 is 4.96. The van der Waals surface area contributed by atoms with E-state index in [0.717, 1.165) is 57.5 Å². The van der Waals surface area contributed by atoms with Gasteiger partial charge in [0.2, 0.25) is 5.91 Å². The summed E-state index contributed by atoms with van der Waals surface area (Å²) in [6, 6.07) is 10.3. The second kappa shape index (κ2) is 10.2. The number of fused-ring (bicyclic) bond motifs is 1. The summed E-state index contributed by atoms with van der Waals surface area (Å²) in [6.45, 7) is 4.85. The van der Waals surface area contributed by atoms with Crippen LogP contribution in [0.1, 0.15) is 32.8 Å². The summed E-state index contributed by atoms with van der Waals surface area (Å²) in [6.07, 6.45) is 7.26. The van der Waals surface area contributed by atoms with Gasteiger partial charge in [0.1, 0.15) is 5.00 Å². The van der Waals surface area contributed by atoms with Crippen LogP contribution in [0.25, 0.3) is 6.08 Å². The highest BCUT2D eigenvalue weighted by Crippen LogP contribution is 2.39. The number of amides is 1. The average Bonchev–Trinajstić information content (AvgIpc) is 3.36. The van der Waals surface area contributed by atoms with Gasteiger partial charge in [0, 0.05) is 37.6 Å². The smallest absolute Gasteiger partial charge is 0.341 e. The van der Waals surface area contributed by atoms with Crippen LogP contribution in [0.5, 0.6) is 0 Å². The summed E-state index contributed by atoms with van der Waals surface area (Å²) >= 11 is 1.52. The first kappa shape index (κ1) is 21.7.